The van der Waals surface area contributed by atoms with Crippen molar-refractivity contribution in [1.82, 2.24) is 0 Å². The van der Waals surface area contributed by atoms with Crippen LogP contribution in [0.1, 0.15) is 11.1 Å². The predicted octanol–water partition coefficient (Wildman–Crippen LogP) is 1.65. The molecule has 0 aliphatic carbocycles. The van der Waals surface area contributed by atoms with Crippen molar-refractivity contribution in [3.63, 3.8) is 0 Å². The molecule has 2 aromatic carbocycles. The lowest BCUT2D eigenvalue weighted by atomic mass is 10.2. The first-order valence-corrected chi connectivity index (χ1v) is 8.88. The van der Waals surface area contributed by atoms with E-state index in [2.05, 4.69) is 9.44 Å². The maximum Gasteiger partial charge on any atom is 0.466 e. The highest BCUT2D eigenvalue weighted by molar-refractivity contribution is 7.80. The first-order valence-electron chi connectivity index (χ1n) is 7.51. The first-order chi connectivity index (χ1) is 12.8. The summed E-state index contributed by atoms with van der Waals surface area (Å²) in [5, 5.41) is 2.85. The van der Waals surface area contributed by atoms with E-state index in [4.69, 9.17) is 14.0 Å². The van der Waals surface area contributed by atoms with Crippen LogP contribution >= 0.6 is 0 Å². The lowest BCUT2D eigenvalue weighted by Gasteiger charge is -2.08. The van der Waals surface area contributed by atoms with Crippen molar-refractivity contribution < 1.29 is 36.3 Å². The zero-order valence-corrected chi connectivity index (χ0v) is 14.7. The highest BCUT2D eigenvalue weighted by atomic mass is 32.3. The van der Waals surface area contributed by atoms with Crippen molar-refractivity contribution in [1.29, 1.82) is 0 Å². The Kier molecular flexibility index (Phi) is 7.03. The molecule has 10 heteroatoms. The van der Waals surface area contributed by atoms with E-state index < -0.39 is 28.0 Å². The Morgan fingerprint density at radius 2 is 1.22 bits per heavy atom. The summed E-state index contributed by atoms with van der Waals surface area (Å²) in [7, 11) is -5.02. The summed E-state index contributed by atoms with van der Waals surface area (Å²) in [4.78, 5) is 24.2. The topological polar surface area (TPSA) is 129 Å². The summed E-state index contributed by atoms with van der Waals surface area (Å²) in [6.45, 7) is -0.396. The number of benzene rings is 2. The molecule has 2 aromatic rings. The Bertz CT molecular complexity index is 853. The molecule has 0 aliphatic heterocycles. The van der Waals surface area contributed by atoms with Crippen molar-refractivity contribution in [2.75, 3.05) is 0 Å². The number of carbonyl (C=O) groups is 2. The smallest absolute Gasteiger partial charge is 0.456 e. The monoisotopic (exact) mass is 393 g/mol. The molecule has 0 saturated carbocycles. The minimum absolute atomic E-state index is 0.198. The van der Waals surface area contributed by atoms with E-state index in [0.29, 0.717) is 11.1 Å². The van der Waals surface area contributed by atoms with Crippen molar-refractivity contribution in [2.45, 2.75) is 13.2 Å². The molecule has 0 heterocycles. The van der Waals surface area contributed by atoms with Crippen molar-refractivity contribution in [2.24, 2.45) is 5.16 Å². The van der Waals surface area contributed by atoms with Gasteiger partial charge in [-0.1, -0.05) is 60.7 Å². The third kappa shape index (κ3) is 7.26. The van der Waals surface area contributed by atoms with Crippen molar-refractivity contribution >= 4 is 28.0 Å². The summed E-state index contributed by atoms with van der Waals surface area (Å²) >= 11 is 0. The molecule has 0 aliphatic rings. The standard InChI is InChI=1S/C17H15NO8S/c19-16(24-11-13-7-3-1-4-8-13)15(18-26-27(21,22)23)17(20)25-12-14-9-5-2-6-10-14/h1-10H,11-12H2,(H,21,22,23). The molecule has 0 atom stereocenters. The molecule has 2 rings (SSSR count). The van der Waals surface area contributed by atoms with Gasteiger partial charge in [0.1, 0.15) is 13.2 Å². The van der Waals surface area contributed by atoms with Crippen molar-refractivity contribution in [3.05, 3.63) is 71.8 Å². The molecule has 0 aromatic heterocycles. The van der Waals surface area contributed by atoms with E-state index in [1.807, 2.05) is 0 Å². The predicted molar refractivity (Wildman–Crippen MR) is 92.5 cm³/mol. The fourth-order valence-corrected chi connectivity index (χ4v) is 1.99. The highest BCUT2D eigenvalue weighted by Gasteiger charge is 2.26. The molecule has 1 N–H and O–H groups in total. The van der Waals surface area contributed by atoms with Crippen LogP contribution in [0.15, 0.2) is 65.8 Å². The fraction of sp³-hybridized carbons (Fsp3) is 0.118. The second kappa shape index (κ2) is 9.46. The third-order valence-electron chi connectivity index (χ3n) is 3.03. The molecule has 9 nitrogen and oxygen atoms in total. The SMILES string of the molecule is O=C(OCc1ccccc1)C(=NOS(=O)(=O)O)C(=O)OCc1ccccc1. The maximum absolute atomic E-state index is 12.1. The second-order valence-corrected chi connectivity index (χ2v) is 6.07. The third-order valence-corrected chi connectivity index (χ3v) is 3.30. The van der Waals surface area contributed by atoms with E-state index in [9.17, 15) is 18.0 Å². The summed E-state index contributed by atoms with van der Waals surface area (Å²) < 4.78 is 43.5. The van der Waals surface area contributed by atoms with Gasteiger partial charge in [-0.2, -0.15) is 8.42 Å². The lowest BCUT2D eigenvalue weighted by Crippen LogP contribution is -2.29. The van der Waals surface area contributed by atoms with Crippen LogP contribution < -0.4 is 0 Å². The molecule has 0 bridgehead atoms. The van der Waals surface area contributed by atoms with Crippen molar-refractivity contribution in [3.8, 4) is 0 Å². The quantitative estimate of drug-likeness (QED) is 0.236. The highest BCUT2D eigenvalue weighted by Crippen LogP contribution is 2.05. The average molecular weight is 393 g/mol. The van der Waals surface area contributed by atoms with Gasteiger partial charge in [0.15, 0.2) is 0 Å². The van der Waals surface area contributed by atoms with E-state index in [1.54, 1.807) is 60.7 Å². The van der Waals surface area contributed by atoms with Gasteiger partial charge >= 0.3 is 22.3 Å². The Labute approximate surface area is 155 Å². The van der Waals surface area contributed by atoms with Crippen LogP contribution in [-0.4, -0.2) is 30.6 Å². The molecule has 142 valence electrons. The maximum atomic E-state index is 12.1. The molecule has 0 saturated heterocycles. The van der Waals surface area contributed by atoms with Gasteiger partial charge in [-0.15, -0.1) is 0 Å². The Hall–Kier alpha value is -3.24. The van der Waals surface area contributed by atoms with Crippen LogP contribution in [0, 0.1) is 0 Å². The van der Waals surface area contributed by atoms with Crippen LogP contribution in [0.3, 0.4) is 0 Å². The zero-order valence-electron chi connectivity index (χ0n) is 13.8. The summed E-state index contributed by atoms with van der Waals surface area (Å²) in [6, 6.07) is 17.1. The minimum atomic E-state index is -5.02. The zero-order chi connectivity index (χ0) is 19.7. The molecule has 0 spiro atoms. The molecule has 0 amide bonds. The molecule has 27 heavy (non-hydrogen) atoms. The van der Waals surface area contributed by atoms with Crippen LogP contribution in [0.2, 0.25) is 0 Å². The van der Waals surface area contributed by atoms with Gasteiger partial charge in [-0.3, -0.25) is 4.55 Å². The average Bonchev–Trinajstić information content (AvgIpc) is 2.65. The van der Waals surface area contributed by atoms with Crippen LogP contribution in [0.5, 0.6) is 0 Å². The van der Waals surface area contributed by atoms with Crippen LogP contribution in [0.25, 0.3) is 0 Å². The van der Waals surface area contributed by atoms with Gasteiger partial charge in [-0.25, -0.2) is 13.9 Å². The number of ether oxygens (including phenoxy) is 2. The fourth-order valence-electron chi connectivity index (χ4n) is 1.83. The Balaban J connectivity index is 2.07. The lowest BCUT2D eigenvalue weighted by molar-refractivity contribution is -0.142. The van der Waals surface area contributed by atoms with Gasteiger partial charge in [0, 0.05) is 0 Å². The number of rotatable bonds is 8. The number of carbonyl (C=O) groups excluding carboxylic acids is 2. The number of hydrogen-bond donors (Lipinski definition) is 1. The normalized spacial score (nSPS) is 10.6. The van der Waals surface area contributed by atoms with E-state index in [0.717, 1.165) is 0 Å². The summed E-state index contributed by atoms with van der Waals surface area (Å²) in [5.41, 5.74) is 0.177. The number of oxime groups is 1. The molecular weight excluding hydrogens is 378 g/mol. The van der Waals surface area contributed by atoms with Crippen LogP contribution in [-0.2, 0) is 47.0 Å². The number of esters is 2. The van der Waals surface area contributed by atoms with E-state index in [1.165, 1.54) is 0 Å². The van der Waals surface area contributed by atoms with Gasteiger partial charge in [0.2, 0.25) is 0 Å². The second-order valence-electron chi connectivity index (χ2n) is 5.07. The Morgan fingerprint density at radius 3 is 1.59 bits per heavy atom. The van der Waals surface area contributed by atoms with Gasteiger partial charge < -0.3 is 9.47 Å². The Morgan fingerprint density at radius 1 is 0.815 bits per heavy atom. The van der Waals surface area contributed by atoms with E-state index >= 15 is 0 Å². The van der Waals surface area contributed by atoms with E-state index in [-0.39, 0.29) is 13.2 Å². The molecule has 0 fully saturated rings. The molecule has 0 unspecified atom stereocenters. The van der Waals surface area contributed by atoms with Gasteiger partial charge in [-0.05, 0) is 16.3 Å². The number of hydrogen-bond acceptors (Lipinski definition) is 8. The summed E-state index contributed by atoms with van der Waals surface area (Å²) in [5.74, 6) is -2.55. The molecular formula is C17H15NO8S. The summed E-state index contributed by atoms with van der Waals surface area (Å²) in [6.07, 6.45) is 0. The number of nitrogens with zero attached hydrogens (tertiary/aromatic N) is 1. The van der Waals surface area contributed by atoms with Gasteiger partial charge in [0.05, 0.1) is 0 Å². The molecule has 0 radical (unpaired) electrons. The minimum Gasteiger partial charge on any atom is -0.456 e. The largest absolute Gasteiger partial charge is 0.466 e. The van der Waals surface area contributed by atoms with Gasteiger partial charge in [0.25, 0.3) is 5.71 Å². The van der Waals surface area contributed by atoms with Crippen LogP contribution in [0.4, 0.5) is 0 Å². The first kappa shape index (κ1) is 20.1.